The first-order valence-corrected chi connectivity index (χ1v) is 8.32. The Kier molecular flexibility index (Phi) is 4.80. The van der Waals surface area contributed by atoms with Gasteiger partial charge in [-0.2, -0.15) is 4.98 Å². The van der Waals surface area contributed by atoms with Gasteiger partial charge in [0.2, 0.25) is 5.95 Å². The Bertz CT molecular complexity index is 483. The number of ether oxygens (including phenoxy) is 1. The molecule has 1 N–H and O–H groups in total. The highest BCUT2D eigenvalue weighted by molar-refractivity contribution is 6.32. The predicted octanol–water partition coefficient (Wildman–Crippen LogP) is 3.10. The summed E-state index contributed by atoms with van der Waals surface area (Å²) in [5.41, 5.74) is 0. The van der Waals surface area contributed by atoms with Crippen LogP contribution in [0.25, 0.3) is 0 Å². The molecule has 2 aliphatic rings. The number of nitrogens with zero attached hydrogens (tertiary/aromatic N) is 3. The molecule has 3 rings (SSSR count). The molecule has 0 spiro atoms. The van der Waals surface area contributed by atoms with Crippen molar-refractivity contribution >= 4 is 23.4 Å². The molecule has 5 nitrogen and oxygen atoms in total. The van der Waals surface area contributed by atoms with Crippen molar-refractivity contribution in [2.24, 2.45) is 0 Å². The van der Waals surface area contributed by atoms with E-state index in [1.54, 1.807) is 6.20 Å². The van der Waals surface area contributed by atoms with Crippen LogP contribution in [0.2, 0.25) is 5.02 Å². The van der Waals surface area contributed by atoms with Gasteiger partial charge >= 0.3 is 0 Å². The van der Waals surface area contributed by atoms with Gasteiger partial charge in [-0.25, -0.2) is 4.98 Å². The molecule has 1 saturated carbocycles. The largest absolute Gasteiger partial charge is 0.374 e. The highest BCUT2D eigenvalue weighted by Crippen LogP contribution is 2.34. The van der Waals surface area contributed by atoms with Gasteiger partial charge in [0, 0.05) is 13.1 Å². The Morgan fingerprint density at radius 2 is 2.29 bits per heavy atom. The number of nitrogens with one attached hydrogen (secondary N) is 1. The maximum absolute atomic E-state index is 6.36. The third-order valence-corrected chi connectivity index (χ3v) is 4.53. The summed E-state index contributed by atoms with van der Waals surface area (Å²) < 4.78 is 5.92. The van der Waals surface area contributed by atoms with Gasteiger partial charge in [0.25, 0.3) is 0 Å². The molecule has 1 aliphatic carbocycles. The van der Waals surface area contributed by atoms with E-state index in [1.165, 1.54) is 12.8 Å². The predicted molar refractivity (Wildman–Crippen MR) is 85.2 cm³/mol. The van der Waals surface area contributed by atoms with Crippen molar-refractivity contribution in [2.75, 3.05) is 29.9 Å². The van der Waals surface area contributed by atoms with Gasteiger partial charge in [0.05, 0.1) is 24.9 Å². The number of rotatable bonds is 4. The number of hydrogen-bond donors (Lipinski definition) is 1. The fraction of sp³-hybridized carbons (Fsp3) is 0.733. The molecule has 2 unspecified atom stereocenters. The standard InChI is InChI=1S/C15H23ClN4O/c1-2-7-17-15-18-10-11(16)14(19-15)20-8-9-21-13-6-4-3-5-12(13)20/h10,12-13H,2-9H2,1H3,(H,17,18,19). The Morgan fingerprint density at radius 3 is 3.14 bits per heavy atom. The molecule has 2 heterocycles. The molecule has 1 aromatic heterocycles. The summed E-state index contributed by atoms with van der Waals surface area (Å²) in [5, 5.41) is 3.86. The molecule has 1 saturated heterocycles. The van der Waals surface area contributed by atoms with E-state index in [1.807, 2.05) is 0 Å². The summed E-state index contributed by atoms with van der Waals surface area (Å²) in [6, 6.07) is 0.402. The molecule has 1 aliphatic heterocycles. The van der Waals surface area contributed by atoms with E-state index in [2.05, 4.69) is 27.1 Å². The van der Waals surface area contributed by atoms with Crippen LogP contribution in [0.4, 0.5) is 11.8 Å². The number of morpholine rings is 1. The van der Waals surface area contributed by atoms with Crippen LogP contribution in [-0.4, -0.2) is 41.8 Å². The van der Waals surface area contributed by atoms with Crippen LogP contribution in [0.5, 0.6) is 0 Å². The van der Waals surface area contributed by atoms with Gasteiger partial charge in [-0.1, -0.05) is 31.4 Å². The number of fused-ring (bicyclic) bond motifs is 1. The van der Waals surface area contributed by atoms with E-state index in [9.17, 15) is 0 Å². The molecule has 1 aromatic rings. The van der Waals surface area contributed by atoms with E-state index in [-0.39, 0.29) is 0 Å². The zero-order chi connectivity index (χ0) is 14.7. The summed E-state index contributed by atoms with van der Waals surface area (Å²) >= 11 is 6.36. The summed E-state index contributed by atoms with van der Waals surface area (Å²) in [7, 11) is 0. The topological polar surface area (TPSA) is 50.3 Å². The monoisotopic (exact) mass is 310 g/mol. The maximum atomic E-state index is 6.36. The van der Waals surface area contributed by atoms with E-state index in [0.717, 1.165) is 44.8 Å². The van der Waals surface area contributed by atoms with Crippen molar-refractivity contribution in [2.45, 2.75) is 51.2 Å². The molecule has 0 amide bonds. The van der Waals surface area contributed by atoms with Crippen LogP contribution in [0, 0.1) is 0 Å². The van der Waals surface area contributed by atoms with Crippen LogP contribution >= 0.6 is 11.6 Å². The molecule has 116 valence electrons. The lowest BCUT2D eigenvalue weighted by Crippen LogP contribution is -2.53. The molecular formula is C15H23ClN4O. The second-order valence-electron chi connectivity index (χ2n) is 5.75. The zero-order valence-electron chi connectivity index (χ0n) is 12.5. The van der Waals surface area contributed by atoms with Crippen LogP contribution < -0.4 is 10.2 Å². The van der Waals surface area contributed by atoms with Crippen molar-refractivity contribution < 1.29 is 4.74 Å². The molecule has 21 heavy (non-hydrogen) atoms. The average molecular weight is 311 g/mol. The van der Waals surface area contributed by atoms with Gasteiger partial charge in [-0.3, -0.25) is 0 Å². The smallest absolute Gasteiger partial charge is 0.224 e. The summed E-state index contributed by atoms with van der Waals surface area (Å²) in [4.78, 5) is 11.2. The molecule has 2 fully saturated rings. The second kappa shape index (κ2) is 6.79. The lowest BCUT2D eigenvalue weighted by atomic mass is 9.90. The van der Waals surface area contributed by atoms with Crippen LogP contribution in [0.15, 0.2) is 6.20 Å². The van der Waals surface area contributed by atoms with E-state index in [4.69, 9.17) is 16.3 Å². The van der Waals surface area contributed by atoms with E-state index < -0.39 is 0 Å². The Morgan fingerprint density at radius 1 is 1.43 bits per heavy atom. The van der Waals surface area contributed by atoms with Crippen molar-refractivity contribution in [1.82, 2.24) is 9.97 Å². The summed E-state index contributed by atoms with van der Waals surface area (Å²) in [6.07, 6.45) is 7.89. The Balaban J connectivity index is 1.83. The normalized spacial score (nSPS) is 25.5. The number of anilines is 2. The van der Waals surface area contributed by atoms with Crippen molar-refractivity contribution in [3.8, 4) is 0 Å². The number of halogens is 1. The molecule has 0 bridgehead atoms. The second-order valence-corrected chi connectivity index (χ2v) is 6.15. The van der Waals surface area contributed by atoms with Crippen molar-refractivity contribution in [3.05, 3.63) is 11.2 Å². The third kappa shape index (κ3) is 3.24. The van der Waals surface area contributed by atoms with E-state index in [0.29, 0.717) is 23.1 Å². The van der Waals surface area contributed by atoms with Gasteiger partial charge in [-0.15, -0.1) is 0 Å². The third-order valence-electron chi connectivity index (χ3n) is 4.26. The van der Waals surface area contributed by atoms with Crippen LogP contribution in [0.1, 0.15) is 39.0 Å². The fourth-order valence-electron chi connectivity index (χ4n) is 3.24. The van der Waals surface area contributed by atoms with Crippen molar-refractivity contribution in [3.63, 3.8) is 0 Å². The quantitative estimate of drug-likeness (QED) is 0.926. The SMILES string of the molecule is CCCNc1ncc(Cl)c(N2CCOC3CCCCC32)n1. The molecule has 2 atom stereocenters. The maximum Gasteiger partial charge on any atom is 0.224 e. The first kappa shape index (κ1) is 14.9. The minimum Gasteiger partial charge on any atom is -0.374 e. The Labute approximate surface area is 131 Å². The average Bonchev–Trinajstić information content (AvgIpc) is 2.54. The summed E-state index contributed by atoms with van der Waals surface area (Å²) in [6.45, 7) is 4.60. The van der Waals surface area contributed by atoms with Crippen LogP contribution in [-0.2, 0) is 4.74 Å². The Hall–Kier alpha value is -1.07. The van der Waals surface area contributed by atoms with Crippen LogP contribution in [0.3, 0.4) is 0 Å². The van der Waals surface area contributed by atoms with Gasteiger partial charge < -0.3 is 15.0 Å². The highest BCUT2D eigenvalue weighted by atomic mass is 35.5. The highest BCUT2D eigenvalue weighted by Gasteiger charge is 2.35. The summed E-state index contributed by atoms with van der Waals surface area (Å²) in [5.74, 6) is 1.51. The number of hydrogen-bond acceptors (Lipinski definition) is 5. The molecule has 0 aromatic carbocycles. The van der Waals surface area contributed by atoms with E-state index >= 15 is 0 Å². The van der Waals surface area contributed by atoms with Gasteiger partial charge in [0.15, 0.2) is 5.82 Å². The first-order valence-electron chi connectivity index (χ1n) is 7.94. The zero-order valence-corrected chi connectivity index (χ0v) is 13.3. The fourth-order valence-corrected chi connectivity index (χ4v) is 3.44. The first-order chi connectivity index (χ1) is 10.3. The molecular weight excluding hydrogens is 288 g/mol. The minimum absolute atomic E-state index is 0.325. The molecule has 6 heteroatoms. The number of aromatic nitrogens is 2. The van der Waals surface area contributed by atoms with Gasteiger partial charge in [0.1, 0.15) is 5.02 Å². The van der Waals surface area contributed by atoms with Gasteiger partial charge in [-0.05, 0) is 19.3 Å². The van der Waals surface area contributed by atoms with Crippen molar-refractivity contribution in [1.29, 1.82) is 0 Å². The minimum atomic E-state index is 0.325. The molecule has 0 radical (unpaired) electrons. The lowest BCUT2D eigenvalue weighted by Gasteiger charge is -2.44. The lowest BCUT2D eigenvalue weighted by molar-refractivity contribution is -0.00897.